The molecule has 1 aliphatic carbocycles. The average Bonchev–Trinajstić information content (AvgIpc) is 2.39. The summed E-state index contributed by atoms with van der Waals surface area (Å²) in [4.78, 5) is 11.7. The third-order valence-electron chi connectivity index (χ3n) is 3.61. The molecule has 0 aromatic carbocycles. The first-order valence-corrected chi connectivity index (χ1v) is 9.10. The molecule has 0 aromatic heterocycles. The van der Waals surface area contributed by atoms with Crippen LogP contribution < -0.4 is 5.32 Å². The highest BCUT2D eigenvalue weighted by molar-refractivity contribution is 7.53. The van der Waals surface area contributed by atoms with Crippen LogP contribution in [0.15, 0.2) is 0 Å². The Balaban J connectivity index is 2.36. The van der Waals surface area contributed by atoms with Crippen molar-refractivity contribution in [3.05, 3.63) is 0 Å². The van der Waals surface area contributed by atoms with Gasteiger partial charge in [-0.25, -0.2) is 4.79 Å². The Morgan fingerprint density at radius 3 is 2.10 bits per heavy atom. The summed E-state index contributed by atoms with van der Waals surface area (Å²) in [7, 11) is -0.104. The summed E-state index contributed by atoms with van der Waals surface area (Å²) in [5, 5.41) is 2.89. The van der Waals surface area contributed by atoms with Gasteiger partial charge in [0, 0.05) is 20.3 Å². The smallest absolute Gasteiger partial charge is 0.407 e. The minimum Gasteiger partial charge on any atom is -0.444 e. The van der Waals surface area contributed by atoms with Gasteiger partial charge < -0.3 is 19.1 Å². The molecule has 1 fully saturated rings. The van der Waals surface area contributed by atoms with Crippen LogP contribution in [0.4, 0.5) is 4.79 Å². The number of hydrogen-bond donors (Lipinski definition) is 1. The molecule has 0 spiro atoms. The molecule has 21 heavy (non-hydrogen) atoms. The molecule has 1 aliphatic rings. The van der Waals surface area contributed by atoms with Crippen molar-refractivity contribution in [1.29, 1.82) is 0 Å². The number of carbonyl (C=O) groups excluding carboxylic acids is 1. The fraction of sp³-hybridized carbons (Fsp3) is 0.929. The van der Waals surface area contributed by atoms with E-state index in [1.54, 1.807) is 0 Å². The van der Waals surface area contributed by atoms with E-state index in [0.717, 1.165) is 25.7 Å². The third kappa shape index (κ3) is 6.81. The second kappa shape index (κ2) is 7.61. The van der Waals surface area contributed by atoms with Gasteiger partial charge >= 0.3 is 13.7 Å². The maximum atomic E-state index is 12.1. The van der Waals surface area contributed by atoms with Crippen LogP contribution in [0.3, 0.4) is 0 Å². The Labute approximate surface area is 127 Å². The molecule has 1 saturated carbocycles. The molecule has 6 nitrogen and oxygen atoms in total. The molecule has 0 aliphatic heterocycles. The Hall–Kier alpha value is -0.580. The standard InChI is InChI=1S/C14H28NO5P/c1-14(2,3)20-13(16)15-12-8-6-11(7-9-12)10-21(17,18-4)19-5/h11-12H,6-10H2,1-5H3,(H,15,16). The van der Waals surface area contributed by atoms with Crippen molar-refractivity contribution in [1.82, 2.24) is 5.32 Å². The minimum atomic E-state index is -2.94. The maximum Gasteiger partial charge on any atom is 0.407 e. The van der Waals surface area contributed by atoms with Gasteiger partial charge in [-0.1, -0.05) is 0 Å². The van der Waals surface area contributed by atoms with E-state index in [9.17, 15) is 9.36 Å². The number of ether oxygens (including phenoxy) is 1. The Morgan fingerprint density at radius 1 is 1.14 bits per heavy atom. The molecule has 0 saturated heterocycles. The number of carbonyl (C=O) groups is 1. The quantitative estimate of drug-likeness (QED) is 0.784. The van der Waals surface area contributed by atoms with Crippen LogP contribution in [0.25, 0.3) is 0 Å². The van der Waals surface area contributed by atoms with E-state index in [-0.39, 0.29) is 12.1 Å². The number of hydrogen-bond acceptors (Lipinski definition) is 5. The fourth-order valence-corrected chi connectivity index (χ4v) is 3.95. The lowest BCUT2D eigenvalue weighted by molar-refractivity contribution is 0.0488. The van der Waals surface area contributed by atoms with Crippen molar-refractivity contribution in [2.24, 2.45) is 5.92 Å². The highest BCUT2D eigenvalue weighted by Crippen LogP contribution is 2.50. The normalized spacial score (nSPS) is 23.7. The average molecular weight is 321 g/mol. The van der Waals surface area contributed by atoms with Crippen molar-refractivity contribution >= 4 is 13.7 Å². The lowest BCUT2D eigenvalue weighted by atomic mass is 9.87. The molecule has 1 rings (SSSR count). The van der Waals surface area contributed by atoms with Crippen LogP contribution in [-0.2, 0) is 18.3 Å². The summed E-state index contributed by atoms with van der Waals surface area (Å²) in [6, 6.07) is 0.126. The molecular formula is C14H28NO5P. The number of amides is 1. The Kier molecular flexibility index (Phi) is 6.70. The summed E-state index contributed by atoms with van der Waals surface area (Å²) < 4.78 is 27.3. The molecule has 0 unspecified atom stereocenters. The molecule has 7 heteroatoms. The molecule has 124 valence electrons. The van der Waals surface area contributed by atoms with Gasteiger partial charge in [0.05, 0.1) is 6.16 Å². The number of rotatable bonds is 5. The minimum absolute atomic E-state index is 0.126. The monoisotopic (exact) mass is 321 g/mol. The summed E-state index contributed by atoms with van der Waals surface area (Å²) in [6.45, 7) is 5.53. The van der Waals surface area contributed by atoms with E-state index >= 15 is 0 Å². The topological polar surface area (TPSA) is 73.9 Å². The zero-order valence-corrected chi connectivity index (χ0v) is 14.6. The molecule has 0 atom stereocenters. The lowest BCUT2D eigenvalue weighted by Crippen LogP contribution is -2.41. The first-order chi connectivity index (χ1) is 9.67. The van der Waals surface area contributed by atoms with Crippen LogP contribution in [-0.4, -0.2) is 38.1 Å². The lowest BCUT2D eigenvalue weighted by Gasteiger charge is -2.31. The van der Waals surface area contributed by atoms with Gasteiger partial charge in [-0.05, 0) is 52.4 Å². The maximum absolute atomic E-state index is 12.1. The molecule has 0 aromatic rings. The van der Waals surface area contributed by atoms with Gasteiger partial charge in [-0.15, -0.1) is 0 Å². The summed E-state index contributed by atoms with van der Waals surface area (Å²) in [5.74, 6) is 0.312. The van der Waals surface area contributed by atoms with Crippen LogP contribution in [0.1, 0.15) is 46.5 Å². The van der Waals surface area contributed by atoms with Gasteiger partial charge in [-0.3, -0.25) is 4.57 Å². The van der Waals surface area contributed by atoms with E-state index in [1.165, 1.54) is 14.2 Å². The molecule has 0 bridgehead atoms. The van der Waals surface area contributed by atoms with E-state index in [2.05, 4.69) is 5.32 Å². The van der Waals surface area contributed by atoms with E-state index in [1.807, 2.05) is 20.8 Å². The van der Waals surface area contributed by atoms with Crippen LogP contribution in [0.2, 0.25) is 0 Å². The van der Waals surface area contributed by atoms with Gasteiger partial charge in [0.25, 0.3) is 0 Å². The second-order valence-electron chi connectivity index (χ2n) is 6.52. The van der Waals surface area contributed by atoms with Gasteiger partial charge in [0.2, 0.25) is 0 Å². The van der Waals surface area contributed by atoms with Crippen LogP contribution in [0.5, 0.6) is 0 Å². The van der Waals surface area contributed by atoms with Crippen molar-refractivity contribution in [3.8, 4) is 0 Å². The van der Waals surface area contributed by atoms with Crippen molar-refractivity contribution in [2.75, 3.05) is 20.4 Å². The van der Waals surface area contributed by atoms with Crippen molar-refractivity contribution in [3.63, 3.8) is 0 Å². The Bertz CT molecular complexity index is 377. The molecule has 1 amide bonds. The zero-order valence-electron chi connectivity index (χ0n) is 13.7. The summed E-state index contributed by atoms with van der Waals surface area (Å²) in [6.07, 6.45) is 3.59. The zero-order chi connectivity index (χ0) is 16.1. The number of nitrogens with one attached hydrogen (secondary N) is 1. The molecule has 0 heterocycles. The van der Waals surface area contributed by atoms with Crippen molar-refractivity contribution < 1.29 is 23.1 Å². The van der Waals surface area contributed by atoms with Crippen LogP contribution >= 0.6 is 7.60 Å². The highest BCUT2D eigenvalue weighted by Gasteiger charge is 2.31. The summed E-state index contributed by atoms with van der Waals surface area (Å²) in [5.41, 5.74) is -0.481. The predicted molar refractivity (Wildman–Crippen MR) is 81.6 cm³/mol. The van der Waals surface area contributed by atoms with Crippen molar-refractivity contribution in [2.45, 2.75) is 58.1 Å². The molecule has 1 N–H and O–H groups in total. The molecular weight excluding hydrogens is 293 g/mol. The molecule has 0 radical (unpaired) electrons. The highest BCUT2D eigenvalue weighted by atomic mass is 31.2. The van der Waals surface area contributed by atoms with E-state index in [0.29, 0.717) is 12.1 Å². The van der Waals surface area contributed by atoms with Crippen LogP contribution in [0, 0.1) is 5.92 Å². The van der Waals surface area contributed by atoms with E-state index in [4.69, 9.17) is 13.8 Å². The largest absolute Gasteiger partial charge is 0.444 e. The third-order valence-corrected chi connectivity index (χ3v) is 5.68. The SMILES string of the molecule is COP(=O)(CC1CCC(NC(=O)OC(C)(C)C)CC1)OC. The first-order valence-electron chi connectivity index (χ1n) is 7.37. The van der Waals surface area contributed by atoms with Gasteiger partial charge in [0.1, 0.15) is 5.60 Å². The Morgan fingerprint density at radius 2 is 1.67 bits per heavy atom. The fourth-order valence-electron chi connectivity index (χ4n) is 2.50. The second-order valence-corrected chi connectivity index (χ2v) is 8.84. The first kappa shape index (κ1) is 18.5. The summed E-state index contributed by atoms with van der Waals surface area (Å²) >= 11 is 0. The van der Waals surface area contributed by atoms with E-state index < -0.39 is 13.2 Å². The van der Waals surface area contributed by atoms with Gasteiger partial charge in [0.15, 0.2) is 0 Å². The number of alkyl carbamates (subject to hydrolysis) is 1. The predicted octanol–water partition coefficient (Wildman–Crippen LogP) is 3.56. The van der Waals surface area contributed by atoms with Gasteiger partial charge in [-0.2, -0.15) is 0 Å².